The lowest BCUT2D eigenvalue weighted by molar-refractivity contribution is 0.306. The van der Waals surface area contributed by atoms with Crippen molar-refractivity contribution in [3.8, 4) is 0 Å². The van der Waals surface area contributed by atoms with Crippen molar-refractivity contribution in [3.05, 3.63) is 0 Å². The molecule has 0 aliphatic carbocycles. The molecule has 0 bridgehead atoms. The molecule has 30 heavy (non-hydrogen) atoms. The summed E-state index contributed by atoms with van der Waals surface area (Å²) in [6.45, 7) is 28.4. The molecule has 0 fully saturated rings. The first kappa shape index (κ1) is 30.9. The molecule has 0 radical (unpaired) electrons. The van der Waals surface area contributed by atoms with E-state index in [1.807, 2.05) is 0 Å². The van der Waals surface area contributed by atoms with E-state index >= 15 is 0 Å². The first-order valence-corrected chi connectivity index (χ1v) is 17.9. The molecule has 0 rings (SSSR count). The van der Waals surface area contributed by atoms with Crippen LogP contribution in [-0.2, 0) is 11.3 Å². The van der Waals surface area contributed by atoms with Crippen LogP contribution in [0.25, 0.3) is 0 Å². The first-order chi connectivity index (χ1) is 13.3. The maximum Gasteiger partial charge on any atom is 0.186 e. The second-order valence-corrected chi connectivity index (χ2v) is 19.6. The molecule has 0 amide bonds. The SMILES string of the molecule is CC(C)N(C(C)C)[S+](C)N(S(C)(C)N(C(C)C)C(C)C)S(C)(C)N(C(C)C)C(C)C. The van der Waals surface area contributed by atoms with Gasteiger partial charge in [0.1, 0.15) is 6.26 Å². The Morgan fingerprint density at radius 1 is 0.467 bits per heavy atom. The zero-order chi connectivity index (χ0) is 24.4. The fourth-order valence-electron chi connectivity index (χ4n) is 5.67. The predicted octanol–water partition coefficient (Wildman–Crippen LogP) is 6.51. The van der Waals surface area contributed by atoms with Gasteiger partial charge in [-0.25, -0.2) is 8.61 Å². The molecule has 1 unspecified atom stereocenters. The quantitative estimate of drug-likeness (QED) is 0.292. The average Bonchev–Trinajstić information content (AvgIpc) is 2.41. The Bertz CT molecular complexity index is 449. The van der Waals surface area contributed by atoms with Crippen molar-refractivity contribution in [3.63, 3.8) is 0 Å². The second-order valence-electron chi connectivity index (χ2n) is 10.8. The van der Waals surface area contributed by atoms with Crippen LogP contribution in [0.4, 0.5) is 0 Å². The highest BCUT2D eigenvalue weighted by Gasteiger charge is 2.53. The fraction of sp³-hybridized carbons (Fsp3) is 1.00. The largest absolute Gasteiger partial charge is 0.247 e. The zero-order valence-electron chi connectivity index (χ0n) is 23.5. The summed E-state index contributed by atoms with van der Waals surface area (Å²) in [5.41, 5.74) is 0. The minimum Gasteiger partial charge on any atom is -0.247 e. The van der Waals surface area contributed by atoms with Gasteiger partial charge in [-0.15, -0.1) is 4.31 Å². The van der Waals surface area contributed by atoms with Crippen LogP contribution < -0.4 is 0 Å². The van der Waals surface area contributed by atoms with Crippen molar-refractivity contribution in [2.24, 2.45) is 0 Å². The van der Waals surface area contributed by atoms with Crippen LogP contribution in [0, 0.1) is 0 Å². The van der Waals surface area contributed by atoms with E-state index in [0.717, 1.165) is 0 Å². The first-order valence-electron chi connectivity index (χ1n) is 11.6. The summed E-state index contributed by atoms with van der Waals surface area (Å²) in [5.74, 6) is 0. The van der Waals surface area contributed by atoms with E-state index < -0.39 is 20.8 Å². The maximum absolute atomic E-state index is 2.99. The van der Waals surface area contributed by atoms with Gasteiger partial charge >= 0.3 is 0 Å². The van der Waals surface area contributed by atoms with Crippen molar-refractivity contribution in [1.29, 1.82) is 0 Å². The number of nitrogens with zero attached hydrogens (tertiary/aromatic N) is 4. The van der Waals surface area contributed by atoms with Crippen LogP contribution in [-0.4, -0.2) is 83.6 Å². The molecule has 0 aromatic rings. The smallest absolute Gasteiger partial charge is 0.186 e. The molecule has 0 aromatic carbocycles. The topological polar surface area (TPSA) is 13.0 Å². The Hall–Kier alpha value is 0.890. The van der Waals surface area contributed by atoms with Gasteiger partial charge in [0.25, 0.3) is 0 Å². The zero-order valence-corrected chi connectivity index (χ0v) is 25.9. The van der Waals surface area contributed by atoms with Gasteiger partial charge in [-0.2, -0.15) is 0 Å². The molecule has 0 aromatic heterocycles. The molecule has 0 heterocycles. The normalized spacial score (nSPS) is 16.8. The van der Waals surface area contributed by atoms with Crippen LogP contribution in [0.2, 0.25) is 0 Å². The summed E-state index contributed by atoms with van der Waals surface area (Å²) >= 11 is 0.00537. The van der Waals surface area contributed by atoms with Gasteiger partial charge < -0.3 is 0 Å². The monoisotopic (exact) mass is 485 g/mol. The van der Waals surface area contributed by atoms with Gasteiger partial charge in [0.15, 0.2) is 11.3 Å². The van der Waals surface area contributed by atoms with Crippen molar-refractivity contribution < 1.29 is 0 Å². The third-order valence-corrected chi connectivity index (χ3v) is 18.1. The minimum absolute atomic E-state index is 0.00537. The third kappa shape index (κ3) is 6.94. The fourth-order valence-corrected chi connectivity index (χ4v) is 20.7. The second kappa shape index (κ2) is 11.8. The highest BCUT2D eigenvalue weighted by atomic mass is 32.4. The van der Waals surface area contributed by atoms with Crippen molar-refractivity contribution in [1.82, 2.24) is 16.0 Å². The lowest BCUT2D eigenvalue weighted by Gasteiger charge is -2.61. The minimum atomic E-state index is -1.21. The number of hydrogen-bond acceptors (Lipinski definition) is 4. The average molecular weight is 486 g/mol. The van der Waals surface area contributed by atoms with Gasteiger partial charge in [-0.1, -0.05) is 20.8 Å². The molecule has 186 valence electrons. The molecule has 7 heteroatoms. The van der Waals surface area contributed by atoms with E-state index in [0.29, 0.717) is 36.3 Å². The lowest BCUT2D eigenvalue weighted by Crippen LogP contribution is -2.57. The number of rotatable bonds is 12. The Morgan fingerprint density at radius 2 is 0.700 bits per heavy atom. The summed E-state index contributed by atoms with van der Waals surface area (Å²) < 4.78 is 11.3. The summed E-state index contributed by atoms with van der Waals surface area (Å²) in [4.78, 5) is 0. The molecule has 0 aliphatic rings. The Balaban J connectivity index is 6.89. The van der Waals surface area contributed by atoms with Gasteiger partial charge in [-0.05, 0) is 111 Å². The Kier molecular flexibility index (Phi) is 12.2. The molecular weight excluding hydrogens is 428 g/mol. The van der Waals surface area contributed by atoms with E-state index in [-0.39, 0.29) is 11.3 Å². The predicted molar refractivity (Wildman–Crippen MR) is 150 cm³/mol. The van der Waals surface area contributed by atoms with Crippen LogP contribution in [0.15, 0.2) is 0 Å². The molecule has 1 atom stereocenters. The van der Waals surface area contributed by atoms with Gasteiger partial charge in [0, 0.05) is 24.2 Å². The van der Waals surface area contributed by atoms with E-state index in [1.54, 1.807) is 0 Å². The maximum atomic E-state index is 2.99. The summed E-state index contributed by atoms with van der Waals surface area (Å²) in [6.07, 6.45) is 12.7. The number of hydrogen-bond donors (Lipinski definition) is 0. The van der Waals surface area contributed by atoms with Crippen LogP contribution >= 0.6 is 20.8 Å². The van der Waals surface area contributed by atoms with Crippen LogP contribution in [0.3, 0.4) is 0 Å². The molecule has 0 aliphatic heterocycles. The lowest BCUT2D eigenvalue weighted by atomic mass is 10.3. The van der Waals surface area contributed by atoms with E-state index in [1.165, 1.54) is 0 Å². The highest BCUT2D eigenvalue weighted by molar-refractivity contribution is 8.48. The molecule has 0 N–H and O–H groups in total. The Morgan fingerprint density at radius 3 is 0.867 bits per heavy atom. The molecule has 0 saturated heterocycles. The molecule has 0 saturated carbocycles. The summed E-state index contributed by atoms with van der Waals surface area (Å²) in [7, 11) is -2.42. The van der Waals surface area contributed by atoms with E-state index in [9.17, 15) is 0 Å². The van der Waals surface area contributed by atoms with Crippen LogP contribution in [0.5, 0.6) is 0 Å². The molecule has 4 nitrogen and oxygen atoms in total. The van der Waals surface area contributed by atoms with E-state index in [2.05, 4.69) is 130 Å². The molecule has 0 spiro atoms. The third-order valence-electron chi connectivity index (χ3n) is 5.34. The van der Waals surface area contributed by atoms with Crippen LogP contribution in [0.1, 0.15) is 83.1 Å². The van der Waals surface area contributed by atoms with Crippen molar-refractivity contribution >= 4 is 32.1 Å². The van der Waals surface area contributed by atoms with Crippen molar-refractivity contribution in [2.75, 3.05) is 31.3 Å². The summed E-state index contributed by atoms with van der Waals surface area (Å²) in [6, 6.07) is 3.10. The highest BCUT2D eigenvalue weighted by Crippen LogP contribution is 2.68. The Labute approximate surface area is 198 Å². The standard InChI is InChI=1S/C23H57N4S3/c1-18(2)24(19(3)4)28(13)27(29(14,15)25(20(5)6)21(7)8)30(16,17)26(22(9)10)23(11)12/h18-23H,1-17H3/q+1. The van der Waals surface area contributed by atoms with Gasteiger partial charge in [0.05, 0.1) is 12.1 Å². The van der Waals surface area contributed by atoms with Crippen molar-refractivity contribution in [2.45, 2.75) is 119 Å². The van der Waals surface area contributed by atoms with Gasteiger partial charge in [-0.3, -0.25) is 0 Å². The summed E-state index contributed by atoms with van der Waals surface area (Å²) in [5, 5.41) is 0. The van der Waals surface area contributed by atoms with Gasteiger partial charge in [0.2, 0.25) is 0 Å². The van der Waals surface area contributed by atoms with E-state index in [4.69, 9.17) is 0 Å². The molecular formula is C23H57N4S3+.